The Morgan fingerprint density at radius 2 is 2.00 bits per heavy atom. The monoisotopic (exact) mass is 244 g/mol. The molecule has 1 amide bonds. The molecule has 0 aliphatic rings. The van der Waals surface area contributed by atoms with Crippen molar-refractivity contribution in [1.82, 2.24) is 0 Å². The summed E-state index contributed by atoms with van der Waals surface area (Å²) >= 11 is 0. The predicted molar refractivity (Wildman–Crippen MR) is 69.9 cm³/mol. The molecule has 2 rings (SSSR count). The number of nitrogens with one attached hydrogen (secondary N) is 1. The summed E-state index contributed by atoms with van der Waals surface area (Å²) in [6.45, 7) is 1.91. The Kier molecular flexibility index (Phi) is 3.28. The lowest BCUT2D eigenvalue weighted by Crippen LogP contribution is -2.13. The van der Waals surface area contributed by atoms with Crippen LogP contribution in [0.1, 0.15) is 15.9 Å². The second-order valence-corrected chi connectivity index (χ2v) is 4.06. The molecule has 3 nitrogen and oxygen atoms in total. The van der Waals surface area contributed by atoms with E-state index in [0.29, 0.717) is 11.4 Å². The van der Waals surface area contributed by atoms with Gasteiger partial charge in [-0.25, -0.2) is 4.39 Å². The zero-order valence-electron chi connectivity index (χ0n) is 9.91. The van der Waals surface area contributed by atoms with Crippen molar-refractivity contribution in [3.8, 4) is 0 Å². The van der Waals surface area contributed by atoms with Crippen molar-refractivity contribution in [1.29, 1.82) is 0 Å². The zero-order chi connectivity index (χ0) is 13.1. The van der Waals surface area contributed by atoms with Crippen LogP contribution in [0.25, 0.3) is 0 Å². The van der Waals surface area contributed by atoms with Crippen LogP contribution in [0.3, 0.4) is 0 Å². The molecule has 0 aliphatic heterocycles. The van der Waals surface area contributed by atoms with Crippen LogP contribution < -0.4 is 11.1 Å². The minimum atomic E-state index is -0.445. The van der Waals surface area contributed by atoms with Crippen LogP contribution in [0, 0.1) is 12.7 Å². The molecule has 0 radical (unpaired) electrons. The highest BCUT2D eigenvalue weighted by Gasteiger charge is 2.08. The van der Waals surface area contributed by atoms with Crippen molar-refractivity contribution in [2.75, 3.05) is 11.1 Å². The standard InChI is InChI=1S/C14H13FN2O/c1-9-5-6-13(12(16)7-9)17-14(18)10-3-2-4-11(15)8-10/h2-8H,16H2,1H3,(H,17,18). The lowest BCUT2D eigenvalue weighted by molar-refractivity contribution is 0.102. The first-order valence-electron chi connectivity index (χ1n) is 5.49. The SMILES string of the molecule is Cc1ccc(NC(=O)c2cccc(F)c2)c(N)c1. The van der Waals surface area contributed by atoms with Gasteiger partial charge in [0, 0.05) is 5.56 Å². The topological polar surface area (TPSA) is 55.1 Å². The van der Waals surface area contributed by atoms with E-state index < -0.39 is 5.82 Å². The van der Waals surface area contributed by atoms with Gasteiger partial charge < -0.3 is 11.1 Å². The number of halogens is 1. The third-order valence-electron chi connectivity index (χ3n) is 2.54. The highest BCUT2D eigenvalue weighted by Crippen LogP contribution is 2.20. The molecule has 0 saturated carbocycles. The molecule has 0 aliphatic carbocycles. The van der Waals surface area contributed by atoms with Gasteiger partial charge in [0.15, 0.2) is 0 Å². The number of hydrogen-bond acceptors (Lipinski definition) is 2. The maximum absolute atomic E-state index is 13.0. The number of aryl methyl sites for hydroxylation is 1. The zero-order valence-corrected chi connectivity index (χ0v) is 9.91. The van der Waals surface area contributed by atoms with Gasteiger partial charge in [-0.1, -0.05) is 12.1 Å². The molecule has 0 atom stereocenters. The van der Waals surface area contributed by atoms with Crippen LogP contribution in [0.15, 0.2) is 42.5 Å². The van der Waals surface area contributed by atoms with E-state index in [4.69, 9.17) is 5.73 Å². The van der Waals surface area contributed by atoms with Crippen LogP contribution in [0.4, 0.5) is 15.8 Å². The van der Waals surface area contributed by atoms with Crippen molar-refractivity contribution in [3.05, 3.63) is 59.4 Å². The summed E-state index contributed by atoms with van der Waals surface area (Å²) in [6.07, 6.45) is 0. The number of hydrogen-bond donors (Lipinski definition) is 2. The van der Waals surface area contributed by atoms with Crippen molar-refractivity contribution in [2.24, 2.45) is 0 Å². The summed E-state index contributed by atoms with van der Waals surface area (Å²) in [7, 11) is 0. The fourth-order valence-electron chi connectivity index (χ4n) is 1.62. The molecule has 0 unspecified atom stereocenters. The predicted octanol–water partition coefficient (Wildman–Crippen LogP) is 2.97. The molecule has 0 aromatic heterocycles. The summed E-state index contributed by atoms with van der Waals surface area (Å²) in [5, 5.41) is 2.65. The minimum Gasteiger partial charge on any atom is -0.397 e. The van der Waals surface area contributed by atoms with Gasteiger partial charge in [-0.3, -0.25) is 4.79 Å². The summed E-state index contributed by atoms with van der Waals surface area (Å²) in [4.78, 5) is 11.9. The van der Waals surface area contributed by atoms with Crippen LogP contribution in [-0.4, -0.2) is 5.91 Å². The number of amides is 1. The molecule has 2 aromatic rings. The van der Waals surface area contributed by atoms with Crippen molar-refractivity contribution < 1.29 is 9.18 Å². The van der Waals surface area contributed by atoms with Crippen molar-refractivity contribution in [3.63, 3.8) is 0 Å². The lowest BCUT2D eigenvalue weighted by atomic mass is 10.1. The number of benzene rings is 2. The number of rotatable bonds is 2. The highest BCUT2D eigenvalue weighted by molar-refractivity contribution is 6.05. The van der Waals surface area contributed by atoms with Gasteiger partial charge in [0.1, 0.15) is 5.82 Å². The first kappa shape index (κ1) is 12.1. The quantitative estimate of drug-likeness (QED) is 0.798. The fourth-order valence-corrected chi connectivity index (χ4v) is 1.62. The number of anilines is 2. The number of carbonyl (C=O) groups is 1. The molecule has 4 heteroatoms. The number of nitrogen functional groups attached to an aromatic ring is 1. The van der Waals surface area contributed by atoms with Gasteiger partial charge >= 0.3 is 0 Å². The number of nitrogens with two attached hydrogens (primary N) is 1. The van der Waals surface area contributed by atoms with Crippen molar-refractivity contribution >= 4 is 17.3 Å². The van der Waals surface area contributed by atoms with Gasteiger partial charge in [0.2, 0.25) is 0 Å². The lowest BCUT2D eigenvalue weighted by Gasteiger charge is -2.08. The van der Waals surface area contributed by atoms with Crippen LogP contribution in [0.2, 0.25) is 0 Å². The van der Waals surface area contributed by atoms with E-state index in [9.17, 15) is 9.18 Å². The Labute approximate surface area is 104 Å². The Morgan fingerprint density at radius 1 is 1.22 bits per heavy atom. The summed E-state index contributed by atoms with van der Waals surface area (Å²) in [5.41, 5.74) is 8.07. The average molecular weight is 244 g/mol. The Bertz CT molecular complexity index is 596. The molecule has 0 spiro atoms. The number of carbonyl (C=O) groups excluding carboxylic acids is 1. The van der Waals surface area contributed by atoms with Crippen molar-refractivity contribution in [2.45, 2.75) is 6.92 Å². The van der Waals surface area contributed by atoms with Gasteiger partial charge in [-0.05, 0) is 42.8 Å². The molecule has 18 heavy (non-hydrogen) atoms. The van der Waals surface area contributed by atoms with Crippen LogP contribution in [0.5, 0.6) is 0 Å². The third kappa shape index (κ3) is 2.66. The molecule has 0 bridgehead atoms. The van der Waals surface area contributed by atoms with E-state index in [2.05, 4.69) is 5.32 Å². The Morgan fingerprint density at radius 3 is 2.67 bits per heavy atom. The van der Waals surface area contributed by atoms with Crippen LogP contribution >= 0.6 is 0 Å². The molecule has 3 N–H and O–H groups in total. The second kappa shape index (κ2) is 4.87. The summed E-state index contributed by atoms with van der Waals surface area (Å²) in [6, 6.07) is 10.8. The molecule has 0 fully saturated rings. The van der Waals surface area contributed by atoms with E-state index in [1.165, 1.54) is 18.2 Å². The Hall–Kier alpha value is -2.36. The molecule has 0 heterocycles. The van der Waals surface area contributed by atoms with E-state index in [1.54, 1.807) is 18.2 Å². The van der Waals surface area contributed by atoms with Gasteiger partial charge in [-0.15, -0.1) is 0 Å². The van der Waals surface area contributed by atoms with Gasteiger partial charge in [0.25, 0.3) is 5.91 Å². The molecular formula is C14H13FN2O. The average Bonchev–Trinajstić information content (AvgIpc) is 2.32. The van der Waals surface area contributed by atoms with Gasteiger partial charge in [0.05, 0.1) is 11.4 Å². The molecule has 92 valence electrons. The third-order valence-corrected chi connectivity index (χ3v) is 2.54. The minimum absolute atomic E-state index is 0.259. The van der Waals surface area contributed by atoms with E-state index in [0.717, 1.165) is 5.56 Å². The molecule has 2 aromatic carbocycles. The van der Waals surface area contributed by atoms with E-state index in [-0.39, 0.29) is 11.5 Å². The first-order chi connectivity index (χ1) is 8.56. The maximum Gasteiger partial charge on any atom is 0.255 e. The molecule has 0 saturated heterocycles. The second-order valence-electron chi connectivity index (χ2n) is 4.06. The highest BCUT2D eigenvalue weighted by atomic mass is 19.1. The largest absolute Gasteiger partial charge is 0.397 e. The Balaban J connectivity index is 2.21. The fraction of sp³-hybridized carbons (Fsp3) is 0.0714. The summed E-state index contributed by atoms with van der Waals surface area (Å²) < 4.78 is 13.0. The van der Waals surface area contributed by atoms with Gasteiger partial charge in [-0.2, -0.15) is 0 Å². The smallest absolute Gasteiger partial charge is 0.255 e. The van der Waals surface area contributed by atoms with E-state index in [1.807, 2.05) is 13.0 Å². The normalized spacial score (nSPS) is 10.1. The molecular weight excluding hydrogens is 231 g/mol. The first-order valence-corrected chi connectivity index (χ1v) is 5.49. The summed E-state index contributed by atoms with van der Waals surface area (Å²) in [5.74, 6) is -0.829. The maximum atomic E-state index is 13.0. The van der Waals surface area contributed by atoms with E-state index >= 15 is 0 Å². The van der Waals surface area contributed by atoms with Crippen LogP contribution in [-0.2, 0) is 0 Å².